The molecule has 172 valence electrons. The fraction of sp³-hybridized carbons (Fsp3) is 0.680. The van der Waals surface area contributed by atoms with Crippen LogP contribution in [-0.2, 0) is 9.53 Å². The van der Waals surface area contributed by atoms with E-state index in [-0.39, 0.29) is 6.10 Å². The first kappa shape index (κ1) is 23.6. The Morgan fingerprint density at radius 3 is 2.77 bits per heavy atom. The number of aliphatic imine (C=N–C) groups is 1. The fourth-order valence-electron chi connectivity index (χ4n) is 4.71. The minimum Gasteiger partial charge on any atom is -0.378 e. The summed E-state index contributed by atoms with van der Waals surface area (Å²) in [7, 11) is 0. The van der Waals surface area contributed by atoms with Gasteiger partial charge in [0.05, 0.1) is 6.10 Å². The van der Waals surface area contributed by atoms with Crippen LogP contribution >= 0.6 is 0 Å². The Labute approximate surface area is 188 Å². The van der Waals surface area contributed by atoms with Gasteiger partial charge >= 0.3 is 0 Å². The van der Waals surface area contributed by atoms with Crippen LogP contribution in [0.2, 0.25) is 0 Å². The number of guanidine groups is 1. The number of fused-ring (bicyclic) bond motifs is 1. The summed E-state index contributed by atoms with van der Waals surface area (Å²) in [5.74, 6) is 2.17. The minimum absolute atomic E-state index is 0.244. The molecule has 31 heavy (non-hydrogen) atoms. The van der Waals surface area contributed by atoms with E-state index in [1.54, 1.807) is 0 Å². The molecule has 6 heteroatoms. The summed E-state index contributed by atoms with van der Waals surface area (Å²) < 4.78 is 5.90. The lowest BCUT2D eigenvalue weighted by atomic mass is 9.98. The number of carbonyl (C=O) groups excluding carboxylic acids is 1. The van der Waals surface area contributed by atoms with E-state index in [1.807, 2.05) is 4.90 Å². The first-order valence-electron chi connectivity index (χ1n) is 12.1. The predicted molar refractivity (Wildman–Crippen MR) is 128 cm³/mol. The van der Waals surface area contributed by atoms with Gasteiger partial charge < -0.3 is 19.9 Å². The monoisotopic (exact) mass is 428 g/mol. The molecule has 2 heterocycles. The van der Waals surface area contributed by atoms with Gasteiger partial charge in [-0.1, -0.05) is 32.0 Å². The third kappa shape index (κ3) is 6.00. The number of carbonyl (C=O) groups is 1. The normalized spacial score (nSPS) is 20.0. The van der Waals surface area contributed by atoms with Crippen molar-refractivity contribution in [1.82, 2.24) is 10.2 Å². The van der Waals surface area contributed by atoms with E-state index in [0.717, 1.165) is 64.6 Å². The molecule has 0 saturated carbocycles. The zero-order valence-electron chi connectivity index (χ0n) is 19.8. The molecule has 0 spiro atoms. The maximum atomic E-state index is 12.0. The highest BCUT2D eigenvalue weighted by Crippen LogP contribution is 2.38. The lowest BCUT2D eigenvalue weighted by molar-refractivity contribution is -0.127. The third-order valence-electron chi connectivity index (χ3n) is 6.38. The van der Waals surface area contributed by atoms with E-state index in [0.29, 0.717) is 24.2 Å². The molecule has 3 rings (SSSR count). The van der Waals surface area contributed by atoms with Crippen molar-refractivity contribution in [2.75, 3.05) is 44.2 Å². The van der Waals surface area contributed by atoms with Crippen LogP contribution in [0, 0.1) is 5.92 Å². The molecular weight excluding hydrogens is 388 g/mol. The number of para-hydroxylation sites is 1. The maximum Gasteiger partial charge on any atom is 0.222 e. The molecule has 1 fully saturated rings. The quantitative estimate of drug-likeness (QED) is 0.452. The number of hydrogen-bond donors (Lipinski definition) is 1. The Hall–Kier alpha value is -2.08. The summed E-state index contributed by atoms with van der Waals surface area (Å²) in [4.78, 5) is 21.4. The summed E-state index contributed by atoms with van der Waals surface area (Å²) in [6.45, 7) is 13.6. The highest BCUT2D eigenvalue weighted by Gasteiger charge is 2.32. The molecule has 2 unspecified atom stereocenters. The second-order valence-electron chi connectivity index (χ2n) is 8.90. The Balaban J connectivity index is 1.70. The number of benzene rings is 1. The van der Waals surface area contributed by atoms with E-state index < -0.39 is 0 Å². The molecule has 2 aliphatic rings. The molecule has 1 aromatic rings. The van der Waals surface area contributed by atoms with Crippen LogP contribution < -0.4 is 10.2 Å². The summed E-state index contributed by atoms with van der Waals surface area (Å²) >= 11 is 0. The lowest BCUT2D eigenvalue weighted by Crippen LogP contribution is -2.41. The van der Waals surface area contributed by atoms with Crippen molar-refractivity contribution >= 4 is 17.6 Å². The molecule has 1 N–H and O–H groups in total. The van der Waals surface area contributed by atoms with Gasteiger partial charge in [0, 0.05) is 57.4 Å². The second kappa shape index (κ2) is 11.5. The van der Waals surface area contributed by atoms with Crippen LogP contribution in [0.4, 0.5) is 5.69 Å². The van der Waals surface area contributed by atoms with Gasteiger partial charge in [0.15, 0.2) is 5.96 Å². The lowest BCUT2D eigenvalue weighted by Gasteiger charge is -2.24. The Bertz CT molecular complexity index is 749. The van der Waals surface area contributed by atoms with Crippen LogP contribution in [0.15, 0.2) is 29.3 Å². The molecule has 2 atom stereocenters. The summed E-state index contributed by atoms with van der Waals surface area (Å²) in [5.41, 5.74) is 2.61. The number of nitrogens with zero attached hydrogens (tertiary/aromatic N) is 3. The van der Waals surface area contributed by atoms with Crippen LogP contribution in [0.3, 0.4) is 0 Å². The van der Waals surface area contributed by atoms with Crippen molar-refractivity contribution in [1.29, 1.82) is 0 Å². The van der Waals surface area contributed by atoms with E-state index in [2.05, 4.69) is 62.2 Å². The van der Waals surface area contributed by atoms with E-state index >= 15 is 0 Å². The first-order chi connectivity index (χ1) is 15.0. The Kier molecular flexibility index (Phi) is 8.76. The number of ether oxygens (including phenoxy) is 1. The number of amides is 1. The Morgan fingerprint density at radius 2 is 2.10 bits per heavy atom. The molecule has 2 aliphatic heterocycles. The average molecular weight is 429 g/mol. The summed E-state index contributed by atoms with van der Waals surface area (Å²) in [6, 6.07) is 8.65. The van der Waals surface area contributed by atoms with Crippen LogP contribution in [0.25, 0.3) is 0 Å². The van der Waals surface area contributed by atoms with E-state index in [1.165, 1.54) is 11.3 Å². The number of likely N-dealkylation sites (tertiary alicyclic amines) is 1. The van der Waals surface area contributed by atoms with Crippen LogP contribution in [-0.4, -0.2) is 62.2 Å². The van der Waals surface area contributed by atoms with Gasteiger partial charge in [-0.25, -0.2) is 0 Å². The second-order valence-corrected chi connectivity index (χ2v) is 8.90. The summed E-state index contributed by atoms with van der Waals surface area (Å²) in [6.07, 6.45) is 3.88. The van der Waals surface area contributed by atoms with Crippen molar-refractivity contribution in [2.24, 2.45) is 10.9 Å². The number of rotatable bonds is 10. The van der Waals surface area contributed by atoms with Gasteiger partial charge in [-0.3, -0.25) is 9.79 Å². The largest absolute Gasteiger partial charge is 0.378 e. The molecule has 1 saturated heterocycles. The molecular formula is C25H40N4O2. The zero-order valence-corrected chi connectivity index (χ0v) is 19.8. The van der Waals surface area contributed by atoms with Gasteiger partial charge in [-0.15, -0.1) is 0 Å². The highest BCUT2D eigenvalue weighted by atomic mass is 16.5. The summed E-state index contributed by atoms with van der Waals surface area (Å²) in [5, 5.41) is 3.50. The van der Waals surface area contributed by atoms with Crippen molar-refractivity contribution in [2.45, 2.75) is 65.4 Å². The molecule has 0 aliphatic carbocycles. The Morgan fingerprint density at radius 1 is 1.29 bits per heavy atom. The van der Waals surface area contributed by atoms with Gasteiger partial charge in [0.2, 0.25) is 5.91 Å². The molecule has 6 nitrogen and oxygen atoms in total. The number of hydrogen-bond acceptors (Lipinski definition) is 3. The highest BCUT2D eigenvalue weighted by molar-refractivity contribution is 5.98. The zero-order chi connectivity index (χ0) is 22.2. The first-order valence-corrected chi connectivity index (χ1v) is 12.1. The number of nitrogens with one attached hydrogen (secondary N) is 1. The van der Waals surface area contributed by atoms with E-state index in [4.69, 9.17) is 9.73 Å². The standard InChI is InChI=1S/C25H40N4O2/c1-5-26-25(27-15-13-23(19(3)4)31-6-2)29-18-20(21-10-7-8-11-22(21)29)14-17-28-16-9-12-24(28)30/h7-8,10-11,19-20,23H,5-6,9,12-18H2,1-4H3,(H,26,27). The van der Waals surface area contributed by atoms with E-state index in [9.17, 15) is 4.79 Å². The molecule has 1 amide bonds. The molecule has 1 aromatic carbocycles. The van der Waals surface area contributed by atoms with Gasteiger partial charge in [-0.05, 0) is 50.7 Å². The molecule has 0 aromatic heterocycles. The van der Waals surface area contributed by atoms with Crippen LogP contribution in [0.5, 0.6) is 0 Å². The molecule has 0 bridgehead atoms. The van der Waals surface area contributed by atoms with Gasteiger partial charge in [0.1, 0.15) is 0 Å². The maximum absolute atomic E-state index is 12.0. The van der Waals surface area contributed by atoms with Gasteiger partial charge in [0.25, 0.3) is 0 Å². The van der Waals surface area contributed by atoms with Crippen molar-refractivity contribution < 1.29 is 9.53 Å². The van der Waals surface area contributed by atoms with Crippen LogP contribution in [0.1, 0.15) is 64.9 Å². The SMILES string of the molecule is CCNC(=NCCC(OCC)C(C)C)N1CC(CCN2CCCC2=O)c2ccccc21. The average Bonchev–Trinajstić information content (AvgIpc) is 3.34. The third-order valence-corrected chi connectivity index (χ3v) is 6.38. The predicted octanol–water partition coefficient (Wildman–Crippen LogP) is 4.02. The fourth-order valence-corrected chi connectivity index (χ4v) is 4.71. The smallest absolute Gasteiger partial charge is 0.222 e. The van der Waals surface area contributed by atoms with Crippen molar-refractivity contribution in [3.05, 3.63) is 29.8 Å². The van der Waals surface area contributed by atoms with Crippen molar-refractivity contribution in [3.63, 3.8) is 0 Å². The minimum atomic E-state index is 0.244. The topological polar surface area (TPSA) is 57.2 Å². The molecule has 0 radical (unpaired) electrons. The number of anilines is 1. The van der Waals surface area contributed by atoms with Crippen molar-refractivity contribution in [3.8, 4) is 0 Å². The van der Waals surface area contributed by atoms with Gasteiger partial charge in [-0.2, -0.15) is 0 Å².